The van der Waals surface area contributed by atoms with Crippen LogP contribution >= 0.6 is 35.6 Å². The fourth-order valence-corrected chi connectivity index (χ4v) is 3.79. The normalized spacial score (nSPS) is 15.4. The second-order valence-electron chi connectivity index (χ2n) is 7.42. The lowest BCUT2D eigenvalue weighted by molar-refractivity contribution is 0.305. The molecule has 2 aromatic carbocycles. The molecule has 0 fully saturated rings. The SMILES string of the molecule is CCNC(=NCc1ccccc1COc1ccccc1Cl)NC1CCc2ncnn2C1.I. The Morgan fingerprint density at radius 1 is 1.19 bits per heavy atom. The van der Waals surface area contributed by atoms with Crippen LogP contribution in [0.25, 0.3) is 0 Å². The van der Waals surface area contributed by atoms with Gasteiger partial charge in [-0.3, -0.25) is 0 Å². The number of para-hydroxylation sites is 1. The summed E-state index contributed by atoms with van der Waals surface area (Å²) in [6.45, 7) is 4.65. The molecule has 2 N–H and O–H groups in total. The molecule has 9 heteroatoms. The third-order valence-electron chi connectivity index (χ3n) is 5.24. The summed E-state index contributed by atoms with van der Waals surface area (Å²) in [5, 5.41) is 11.8. The van der Waals surface area contributed by atoms with Crippen LogP contribution in [0.5, 0.6) is 5.75 Å². The molecular formula is C23H28ClIN6O. The van der Waals surface area contributed by atoms with Crippen LogP contribution in [0.4, 0.5) is 0 Å². The Balaban J connectivity index is 0.00000289. The maximum atomic E-state index is 6.21. The van der Waals surface area contributed by atoms with Crippen molar-refractivity contribution in [3.05, 3.63) is 76.8 Å². The number of aliphatic imine (C=N–C) groups is 1. The minimum atomic E-state index is 0. The molecule has 0 bridgehead atoms. The molecule has 1 atom stereocenters. The number of fused-ring (bicyclic) bond motifs is 1. The Bertz CT molecular complexity index is 1040. The number of nitrogens with zero attached hydrogens (tertiary/aromatic N) is 4. The molecule has 0 saturated carbocycles. The van der Waals surface area contributed by atoms with Crippen molar-refractivity contribution in [2.24, 2.45) is 4.99 Å². The standard InChI is InChI=1S/C23H27ClN6O.HI/c1-2-25-23(29-19-11-12-22-27-16-28-30(22)14-19)26-13-17-7-3-4-8-18(17)15-31-21-10-6-5-9-20(21)24;/h3-10,16,19H,2,11-15H2,1H3,(H2,25,26,29);1H. The summed E-state index contributed by atoms with van der Waals surface area (Å²) in [7, 11) is 0. The molecule has 32 heavy (non-hydrogen) atoms. The number of rotatable bonds is 7. The molecule has 3 aromatic rings. The van der Waals surface area contributed by atoms with Gasteiger partial charge in [-0.15, -0.1) is 24.0 Å². The summed E-state index contributed by atoms with van der Waals surface area (Å²) in [5.41, 5.74) is 2.21. The minimum Gasteiger partial charge on any atom is -0.487 e. The van der Waals surface area contributed by atoms with Crippen molar-refractivity contribution < 1.29 is 4.74 Å². The van der Waals surface area contributed by atoms with E-state index in [0.717, 1.165) is 48.8 Å². The van der Waals surface area contributed by atoms with Crippen molar-refractivity contribution in [2.75, 3.05) is 6.54 Å². The van der Waals surface area contributed by atoms with Crippen molar-refractivity contribution >= 4 is 41.5 Å². The molecule has 7 nitrogen and oxygen atoms in total. The summed E-state index contributed by atoms with van der Waals surface area (Å²) in [5.74, 6) is 2.53. The Morgan fingerprint density at radius 3 is 2.78 bits per heavy atom. The lowest BCUT2D eigenvalue weighted by Crippen LogP contribution is -2.47. The predicted octanol–water partition coefficient (Wildman–Crippen LogP) is 4.20. The lowest BCUT2D eigenvalue weighted by atomic mass is 10.1. The van der Waals surface area contributed by atoms with E-state index in [0.29, 0.717) is 23.9 Å². The number of guanidine groups is 1. The van der Waals surface area contributed by atoms with Crippen LogP contribution in [-0.4, -0.2) is 33.3 Å². The molecule has 1 aliphatic heterocycles. The summed E-state index contributed by atoms with van der Waals surface area (Å²) < 4.78 is 7.90. The van der Waals surface area contributed by atoms with Crippen LogP contribution in [0.3, 0.4) is 0 Å². The van der Waals surface area contributed by atoms with Gasteiger partial charge in [0.2, 0.25) is 0 Å². The van der Waals surface area contributed by atoms with E-state index in [1.54, 1.807) is 6.33 Å². The van der Waals surface area contributed by atoms with Crippen molar-refractivity contribution in [1.82, 2.24) is 25.4 Å². The monoisotopic (exact) mass is 566 g/mol. The van der Waals surface area contributed by atoms with Gasteiger partial charge < -0.3 is 15.4 Å². The average Bonchev–Trinajstić information content (AvgIpc) is 3.25. The number of benzene rings is 2. The number of nitrogens with one attached hydrogen (secondary N) is 2. The maximum absolute atomic E-state index is 6.21. The van der Waals surface area contributed by atoms with Crippen LogP contribution in [-0.2, 0) is 26.1 Å². The van der Waals surface area contributed by atoms with E-state index in [9.17, 15) is 0 Å². The van der Waals surface area contributed by atoms with Gasteiger partial charge in [0, 0.05) is 19.0 Å². The number of aryl methyl sites for hydroxylation is 1. The van der Waals surface area contributed by atoms with E-state index < -0.39 is 0 Å². The molecule has 4 rings (SSSR count). The van der Waals surface area contributed by atoms with Gasteiger partial charge in [-0.25, -0.2) is 14.7 Å². The van der Waals surface area contributed by atoms with Crippen molar-refractivity contribution in [3.63, 3.8) is 0 Å². The number of hydrogen-bond donors (Lipinski definition) is 2. The minimum absolute atomic E-state index is 0. The molecule has 170 valence electrons. The zero-order valence-electron chi connectivity index (χ0n) is 18.0. The van der Waals surface area contributed by atoms with Gasteiger partial charge in [0.05, 0.1) is 18.1 Å². The van der Waals surface area contributed by atoms with E-state index in [1.165, 1.54) is 0 Å². The molecule has 0 radical (unpaired) electrons. The maximum Gasteiger partial charge on any atom is 0.191 e. The molecule has 0 spiro atoms. The average molecular weight is 567 g/mol. The first-order chi connectivity index (χ1) is 15.2. The molecule has 0 aliphatic carbocycles. The predicted molar refractivity (Wildman–Crippen MR) is 138 cm³/mol. The first-order valence-electron chi connectivity index (χ1n) is 10.6. The third kappa shape index (κ3) is 6.35. The summed E-state index contributed by atoms with van der Waals surface area (Å²) in [6.07, 6.45) is 3.54. The van der Waals surface area contributed by atoms with E-state index in [-0.39, 0.29) is 30.0 Å². The van der Waals surface area contributed by atoms with Gasteiger partial charge in [-0.1, -0.05) is 48.0 Å². The topological polar surface area (TPSA) is 76.4 Å². The zero-order chi connectivity index (χ0) is 21.5. The number of aromatic nitrogens is 3. The van der Waals surface area contributed by atoms with E-state index in [1.807, 2.05) is 41.1 Å². The Labute approximate surface area is 210 Å². The van der Waals surface area contributed by atoms with Gasteiger partial charge >= 0.3 is 0 Å². The number of hydrogen-bond acceptors (Lipinski definition) is 4. The van der Waals surface area contributed by atoms with Crippen LogP contribution < -0.4 is 15.4 Å². The first-order valence-corrected chi connectivity index (χ1v) is 11.0. The van der Waals surface area contributed by atoms with E-state index in [4.69, 9.17) is 21.3 Å². The zero-order valence-corrected chi connectivity index (χ0v) is 21.1. The highest BCUT2D eigenvalue weighted by Crippen LogP contribution is 2.24. The van der Waals surface area contributed by atoms with Crippen molar-refractivity contribution in [3.8, 4) is 5.75 Å². The smallest absolute Gasteiger partial charge is 0.191 e. The number of halogens is 2. The number of ether oxygens (including phenoxy) is 1. The highest BCUT2D eigenvalue weighted by molar-refractivity contribution is 14.0. The summed E-state index contributed by atoms with van der Waals surface area (Å²) in [6, 6.07) is 16.0. The quantitative estimate of drug-likeness (QED) is 0.255. The van der Waals surface area contributed by atoms with Crippen molar-refractivity contribution in [2.45, 2.75) is 45.5 Å². The van der Waals surface area contributed by atoms with Gasteiger partial charge in [0.15, 0.2) is 5.96 Å². The van der Waals surface area contributed by atoms with Crippen LogP contribution in [0.2, 0.25) is 5.02 Å². The fourth-order valence-electron chi connectivity index (χ4n) is 3.60. The molecule has 1 aliphatic rings. The highest BCUT2D eigenvalue weighted by Gasteiger charge is 2.20. The van der Waals surface area contributed by atoms with E-state index in [2.05, 4.69) is 39.8 Å². The molecule has 0 amide bonds. The van der Waals surface area contributed by atoms with Gasteiger partial charge in [-0.2, -0.15) is 5.10 Å². The summed E-state index contributed by atoms with van der Waals surface area (Å²) >= 11 is 6.21. The van der Waals surface area contributed by atoms with Crippen molar-refractivity contribution in [1.29, 1.82) is 0 Å². The Kier molecular flexibility index (Phi) is 9.16. The second kappa shape index (κ2) is 12.1. The first kappa shape index (κ1) is 24.3. The lowest BCUT2D eigenvalue weighted by Gasteiger charge is -2.25. The van der Waals surface area contributed by atoms with Crippen LogP contribution in [0, 0.1) is 0 Å². The Hall–Kier alpha value is -2.33. The van der Waals surface area contributed by atoms with Gasteiger partial charge in [-0.05, 0) is 36.6 Å². The van der Waals surface area contributed by atoms with E-state index >= 15 is 0 Å². The third-order valence-corrected chi connectivity index (χ3v) is 5.55. The summed E-state index contributed by atoms with van der Waals surface area (Å²) in [4.78, 5) is 9.12. The van der Waals surface area contributed by atoms with Crippen LogP contribution in [0.15, 0.2) is 59.9 Å². The molecule has 1 aromatic heterocycles. The highest BCUT2D eigenvalue weighted by atomic mass is 127. The van der Waals surface area contributed by atoms with Crippen LogP contribution in [0.1, 0.15) is 30.3 Å². The molecule has 2 heterocycles. The second-order valence-corrected chi connectivity index (χ2v) is 7.83. The molecular weight excluding hydrogens is 539 g/mol. The van der Waals surface area contributed by atoms with Gasteiger partial charge in [0.25, 0.3) is 0 Å². The fraction of sp³-hybridized carbons (Fsp3) is 0.348. The molecule has 1 unspecified atom stereocenters. The van der Waals surface area contributed by atoms with Gasteiger partial charge in [0.1, 0.15) is 24.5 Å². The molecule has 0 saturated heterocycles. The largest absolute Gasteiger partial charge is 0.487 e. The Morgan fingerprint density at radius 2 is 1.97 bits per heavy atom.